The highest BCUT2D eigenvalue weighted by molar-refractivity contribution is 6.31. The van der Waals surface area contributed by atoms with E-state index in [9.17, 15) is 9.59 Å². The van der Waals surface area contributed by atoms with Crippen LogP contribution in [0.4, 0.5) is 10.5 Å². The van der Waals surface area contributed by atoms with Gasteiger partial charge in [-0.1, -0.05) is 48.0 Å². The van der Waals surface area contributed by atoms with Gasteiger partial charge in [0.25, 0.3) is 0 Å². The Hall–Kier alpha value is -2.57. The molecule has 1 aliphatic heterocycles. The van der Waals surface area contributed by atoms with Gasteiger partial charge in [0.1, 0.15) is 0 Å². The molecule has 1 heterocycles. The van der Waals surface area contributed by atoms with Gasteiger partial charge in [-0.25, -0.2) is 4.79 Å². The Morgan fingerprint density at radius 2 is 1.86 bits per heavy atom. The molecule has 1 unspecified atom stereocenters. The zero-order valence-electron chi connectivity index (χ0n) is 16.8. The second-order valence-corrected chi connectivity index (χ2v) is 7.73. The number of carbonyl (C=O) groups excluding carboxylic acids is 2. The number of hydrogen-bond acceptors (Lipinski definition) is 3. The lowest BCUT2D eigenvalue weighted by atomic mass is 10.0. The van der Waals surface area contributed by atoms with Gasteiger partial charge < -0.3 is 20.4 Å². The topological polar surface area (TPSA) is 64.7 Å². The first-order chi connectivity index (χ1) is 14.0. The van der Waals surface area contributed by atoms with Gasteiger partial charge in [-0.2, -0.15) is 0 Å². The van der Waals surface area contributed by atoms with E-state index in [1.165, 1.54) is 0 Å². The fourth-order valence-corrected chi connectivity index (χ4v) is 3.64. The molecule has 3 rings (SSSR count). The molecule has 1 fully saturated rings. The SMILES string of the molecule is Cc1c(Cl)cccc1NC(=O)CCNC(=O)N1CCN(C)CC1c1ccccc1. The normalized spacial score (nSPS) is 17.1. The van der Waals surface area contributed by atoms with Gasteiger partial charge in [-0.05, 0) is 37.2 Å². The summed E-state index contributed by atoms with van der Waals surface area (Å²) in [5.74, 6) is -0.159. The van der Waals surface area contributed by atoms with E-state index in [4.69, 9.17) is 11.6 Å². The molecule has 6 nitrogen and oxygen atoms in total. The van der Waals surface area contributed by atoms with E-state index in [0.29, 0.717) is 17.3 Å². The Labute approximate surface area is 176 Å². The standard InChI is InChI=1S/C22H27ClN4O2/c1-16-18(23)9-6-10-19(16)25-21(28)11-12-24-22(29)27-14-13-26(2)15-20(27)17-7-4-3-5-8-17/h3-10,20H,11-15H2,1-2H3,(H,24,29)(H,25,28). The lowest BCUT2D eigenvalue weighted by Crippen LogP contribution is -2.52. The minimum absolute atomic E-state index is 0.00196. The molecule has 0 radical (unpaired) electrons. The summed E-state index contributed by atoms with van der Waals surface area (Å²) in [5.41, 5.74) is 2.63. The molecule has 2 N–H and O–H groups in total. The van der Waals surface area contributed by atoms with E-state index in [1.807, 2.05) is 48.2 Å². The van der Waals surface area contributed by atoms with E-state index in [2.05, 4.69) is 22.6 Å². The highest BCUT2D eigenvalue weighted by Crippen LogP contribution is 2.25. The maximum Gasteiger partial charge on any atom is 0.318 e. The third kappa shape index (κ3) is 5.49. The number of benzene rings is 2. The molecule has 1 saturated heterocycles. The van der Waals surface area contributed by atoms with Crippen molar-refractivity contribution in [1.82, 2.24) is 15.1 Å². The van der Waals surface area contributed by atoms with Crippen LogP contribution in [-0.2, 0) is 4.79 Å². The lowest BCUT2D eigenvalue weighted by Gasteiger charge is -2.40. The molecule has 7 heteroatoms. The number of urea groups is 1. The molecule has 29 heavy (non-hydrogen) atoms. The van der Waals surface area contributed by atoms with E-state index in [-0.39, 0.29) is 30.9 Å². The Kier molecular flexibility index (Phi) is 7.12. The van der Waals surface area contributed by atoms with Crippen LogP contribution in [0, 0.1) is 6.92 Å². The lowest BCUT2D eigenvalue weighted by molar-refractivity contribution is -0.116. The van der Waals surface area contributed by atoms with Crippen molar-refractivity contribution in [3.05, 3.63) is 64.7 Å². The highest BCUT2D eigenvalue weighted by atomic mass is 35.5. The van der Waals surface area contributed by atoms with Gasteiger partial charge in [0.05, 0.1) is 6.04 Å². The van der Waals surface area contributed by atoms with Crippen molar-refractivity contribution < 1.29 is 9.59 Å². The molecule has 0 saturated carbocycles. The second-order valence-electron chi connectivity index (χ2n) is 7.32. The van der Waals surface area contributed by atoms with Crippen molar-refractivity contribution in [3.63, 3.8) is 0 Å². The minimum Gasteiger partial charge on any atom is -0.337 e. The van der Waals surface area contributed by atoms with E-state index in [0.717, 1.165) is 24.2 Å². The number of rotatable bonds is 5. The largest absolute Gasteiger partial charge is 0.337 e. The average Bonchev–Trinajstić information content (AvgIpc) is 2.72. The second kappa shape index (κ2) is 9.76. The number of likely N-dealkylation sites (N-methyl/N-ethyl adjacent to an activating group) is 1. The summed E-state index contributed by atoms with van der Waals surface area (Å²) in [6.07, 6.45) is 0.196. The number of anilines is 1. The van der Waals surface area contributed by atoms with Crippen molar-refractivity contribution in [2.45, 2.75) is 19.4 Å². The number of nitrogens with zero attached hydrogens (tertiary/aromatic N) is 2. The molecule has 2 aromatic rings. The predicted octanol–water partition coefficient (Wildman–Crippen LogP) is 3.68. The van der Waals surface area contributed by atoms with Crippen LogP contribution in [0.2, 0.25) is 5.02 Å². The van der Waals surface area contributed by atoms with Crippen LogP contribution in [0.1, 0.15) is 23.6 Å². The quantitative estimate of drug-likeness (QED) is 0.784. The smallest absolute Gasteiger partial charge is 0.318 e. The predicted molar refractivity (Wildman–Crippen MR) is 116 cm³/mol. The summed E-state index contributed by atoms with van der Waals surface area (Å²) in [6, 6.07) is 15.3. The molecule has 3 amide bonds. The zero-order chi connectivity index (χ0) is 20.8. The fourth-order valence-electron chi connectivity index (χ4n) is 3.46. The minimum atomic E-state index is -0.159. The molecular formula is C22H27ClN4O2. The molecule has 154 valence electrons. The van der Waals surface area contributed by atoms with Gasteiger partial charge in [0.2, 0.25) is 5.91 Å². The number of piperazine rings is 1. The molecule has 0 spiro atoms. The molecular weight excluding hydrogens is 388 g/mol. The van der Waals surface area contributed by atoms with Crippen molar-refractivity contribution >= 4 is 29.2 Å². The summed E-state index contributed by atoms with van der Waals surface area (Å²) < 4.78 is 0. The maximum atomic E-state index is 12.8. The summed E-state index contributed by atoms with van der Waals surface area (Å²) >= 11 is 6.09. The third-order valence-corrected chi connectivity index (χ3v) is 5.61. The Balaban J connectivity index is 1.54. The number of carbonyl (C=O) groups is 2. The van der Waals surface area contributed by atoms with Crippen molar-refractivity contribution in [2.24, 2.45) is 0 Å². The monoisotopic (exact) mass is 414 g/mol. The summed E-state index contributed by atoms with van der Waals surface area (Å²) in [4.78, 5) is 29.1. The van der Waals surface area contributed by atoms with Gasteiger partial charge in [0.15, 0.2) is 0 Å². The van der Waals surface area contributed by atoms with Gasteiger partial charge in [-0.15, -0.1) is 0 Å². The highest BCUT2D eigenvalue weighted by Gasteiger charge is 2.30. The van der Waals surface area contributed by atoms with Crippen LogP contribution >= 0.6 is 11.6 Å². The summed E-state index contributed by atoms with van der Waals surface area (Å²) in [6.45, 7) is 4.39. The van der Waals surface area contributed by atoms with Gasteiger partial charge >= 0.3 is 6.03 Å². The summed E-state index contributed by atoms with van der Waals surface area (Å²) in [7, 11) is 2.06. The van der Waals surface area contributed by atoms with E-state index in [1.54, 1.807) is 12.1 Å². The number of halogens is 1. The van der Waals surface area contributed by atoms with Crippen LogP contribution in [0.5, 0.6) is 0 Å². The molecule has 0 aromatic heterocycles. The van der Waals surface area contributed by atoms with Gasteiger partial charge in [-0.3, -0.25) is 4.79 Å². The van der Waals surface area contributed by atoms with E-state index >= 15 is 0 Å². The Bertz CT molecular complexity index is 859. The first-order valence-corrected chi connectivity index (χ1v) is 10.2. The van der Waals surface area contributed by atoms with Crippen molar-refractivity contribution in [2.75, 3.05) is 38.5 Å². The van der Waals surface area contributed by atoms with Crippen LogP contribution < -0.4 is 10.6 Å². The molecule has 0 aliphatic carbocycles. The van der Waals surface area contributed by atoms with Crippen LogP contribution in [0.25, 0.3) is 0 Å². The average molecular weight is 415 g/mol. The molecule has 0 bridgehead atoms. The first-order valence-electron chi connectivity index (χ1n) is 9.78. The van der Waals surface area contributed by atoms with Gasteiger partial charge in [0, 0.05) is 43.3 Å². The molecule has 1 atom stereocenters. The van der Waals surface area contributed by atoms with Crippen molar-refractivity contribution in [1.29, 1.82) is 0 Å². The van der Waals surface area contributed by atoms with E-state index < -0.39 is 0 Å². The Morgan fingerprint density at radius 3 is 2.62 bits per heavy atom. The molecule has 1 aliphatic rings. The number of amides is 3. The molecule has 2 aromatic carbocycles. The maximum absolute atomic E-state index is 12.8. The van der Waals surface area contributed by atoms with Crippen LogP contribution in [0.3, 0.4) is 0 Å². The number of nitrogens with one attached hydrogen (secondary N) is 2. The first kappa shape index (κ1) is 21.1. The zero-order valence-corrected chi connectivity index (χ0v) is 17.6. The summed E-state index contributed by atoms with van der Waals surface area (Å²) in [5, 5.41) is 6.35. The van der Waals surface area contributed by atoms with Crippen LogP contribution in [0.15, 0.2) is 48.5 Å². The number of hydrogen-bond donors (Lipinski definition) is 2. The fraction of sp³-hybridized carbons (Fsp3) is 0.364. The van der Waals surface area contributed by atoms with Crippen LogP contribution in [-0.4, -0.2) is 55.0 Å². The third-order valence-electron chi connectivity index (χ3n) is 5.20. The Morgan fingerprint density at radius 1 is 1.10 bits per heavy atom. The van der Waals surface area contributed by atoms with Crippen molar-refractivity contribution in [3.8, 4) is 0 Å².